The zero-order valence-corrected chi connectivity index (χ0v) is 14.8. The van der Waals surface area contributed by atoms with Crippen LogP contribution in [0.15, 0.2) is 23.0 Å². The number of hydrogen-bond donors (Lipinski definition) is 0. The molecule has 0 saturated carbocycles. The van der Waals surface area contributed by atoms with Gasteiger partial charge in [-0.15, -0.1) is 0 Å². The number of amides is 1. The van der Waals surface area contributed by atoms with Crippen molar-refractivity contribution in [2.75, 3.05) is 13.1 Å². The summed E-state index contributed by atoms with van der Waals surface area (Å²) in [6.45, 7) is 3.93. The molecule has 1 unspecified atom stereocenters. The molecule has 0 aliphatic carbocycles. The maximum atomic E-state index is 12.8. The molecule has 132 valence electrons. The minimum Gasteiger partial charge on any atom is -0.340 e. The fraction of sp³-hybridized carbons (Fsp3) is 0.529. The average molecular weight is 362 g/mol. The predicted molar refractivity (Wildman–Crippen MR) is 92.6 cm³/mol. The van der Waals surface area contributed by atoms with E-state index in [0.29, 0.717) is 35.4 Å². The molecule has 0 bridgehead atoms. The first-order valence-electron chi connectivity index (χ1n) is 8.61. The Morgan fingerprint density at radius 3 is 2.88 bits per heavy atom. The smallest absolute Gasteiger partial charge is 0.340 e. The fourth-order valence-electron chi connectivity index (χ4n) is 3.65. The van der Waals surface area contributed by atoms with Gasteiger partial charge >= 0.3 is 5.69 Å². The first kappa shape index (κ1) is 16.3. The molecular formula is C17H20ClN5O2. The van der Waals surface area contributed by atoms with E-state index in [1.807, 2.05) is 4.90 Å². The molecule has 1 atom stereocenters. The molecule has 0 aromatic carbocycles. The molecule has 25 heavy (non-hydrogen) atoms. The molecule has 0 N–H and O–H groups in total. The van der Waals surface area contributed by atoms with Crippen LogP contribution in [-0.2, 0) is 17.8 Å². The van der Waals surface area contributed by atoms with Gasteiger partial charge in [-0.2, -0.15) is 5.10 Å². The minimum absolute atomic E-state index is 0.0431. The van der Waals surface area contributed by atoms with E-state index < -0.39 is 6.04 Å². The van der Waals surface area contributed by atoms with Crippen molar-refractivity contribution in [2.45, 2.75) is 38.8 Å². The summed E-state index contributed by atoms with van der Waals surface area (Å²) in [5.41, 5.74) is 0.424. The Labute approximate surface area is 150 Å². The monoisotopic (exact) mass is 361 g/mol. The Morgan fingerprint density at radius 1 is 1.36 bits per heavy atom. The highest BCUT2D eigenvalue weighted by Gasteiger charge is 2.37. The lowest BCUT2D eigenvalue weighted by atomic mass is 9.98. The lowest BCUT2D eigenvalue weighted by molar-refractivity contribution is -0.141. The van der Waals surface area contributed by atoms with Crippen LogP contribution >= 0.6 is 11.6 Å². The summed E-state index contributed by atoms with van der Waals surface area (Å²) < 4.78 is 2.97. The summed E-state index contributed by atoms with van der Waals surface area (Å²) >= 11 is 5.91. The van der Waals surface area contributed by atoms with Gasteiger partial charge in [-0.05, 0) is 30.9 Å². The van der Waals surface area contributed by atoms with Crippen LogP contribution in [0.25, 0.3) is 0 Å². The zero-order valence-electron chi connectivity index (χ0n) is 14.1. The van der Waals surface area contributed by atoms with Crippen molar-refractivity contribution in [3.05, 3.63) is 45.4 Å². The number of aromatic nitrogens is 4. The van der Waals surface area contributed by atoms with E-state index in [1.54, 1.807) is 22.8 Å². The third-order valence-corrected chi connectivity index (χ3v) is 5.09. The fourth-order valence-corrected chi connectivity index (χ4v) is 3.83. The van der Waals surface area contributed by atoms with Crippen molar-refractivity contribution < 1.29 is 4.79 Å². The number of likely N-dealkylation sites (tertiary alicyclic amines) is 1. The third kappa shape index (κ3) is 2.97. The van der Waals surface area contributed by atoms with E-state index in [0.717, 1.165) is 19.5 Å². The maximum Gasteiger partial charge on any atom is 0.347 e. The van der Waals surface area contributed by atoms with Gasteiger partial charge in [0.15, 0.2) is 0 Å². The number of hydrogen-bond acceptors (Lipinski definition) is 4. The van der Waals surface area contributed by atoms with Crippen molar-refractivity contribution in [3.63, 3.8) is 0 Å². The van der Waals surface area contributed by atoms with E-state index in [1.165, 1.54) is 4.68 Å². The average Bonchev–Trinajstić information content (AvgIpc) is 2.87. The van der Waals surface area contributed by atoms with E-state index >= 15 is 0 Å². The lowest BCUT2D eigenvalue weighted by Crippen LogP contribution is -2.52. The number of fused-ring (bicyclic) bond motifs is 1. The highest BCUT2D eigenvalue weighted by atomic mass is 35.5. The number of rotatable bonds is 3. The second-order valence-electron chi connectivity index (χ2n) is 6.93. The molecule has 2 aliphatic heterocycles. The van der Waals surface area contributed by atoms with Crippen LogP contribution in [0.5, 0.6) is 0 Å². The van der Waals surface area contributed by atoms with E-state index in [2.05, 4.69) is 17.0 Å². The highest BCUT2D eigenvalue weighted by Crippen LogP contribution is 2.27. The first-order valence-corrected chi connectivity index (χ1v) is 8.99. The molecule has 1 saturated heterocycles. The third-order valence-electron chi connectivity index (χ3n) is 4.88. The Kier molecular flexibility index (Phi) is 4.11. The molecule has 4 rings (SSSR count). The van der Waals surface area contributed by atoms with Crippen molar-refractivity contribution >= 4 is 17.5 Å². The van der Waals surface area contributed by atoms with E-state index in [-0.39, 0.29) is 18.1 Å². The number of aryl methyl sites for hydroxylation is 1. The van der Waals surface area contributed by atoms with Crippen molar-refractivity contribution in [1.29, 1.82) is 0 Å². The number of halogens is 1. The standard InChI is InChI=1S/C17H20ClN5O2/c1-11-8-21(9-11)16(24)13-5-3-7-15-20-22(17(25)23(13)15)10-12-4-2-6-14(18)19-12/h2,4,6,11,13H,3,5,7-10H2,1H3. The number of carbonyl (C=O) groups excluding carboxylic acids is 1. The largest absolute Gasteiger partial charge is 0.347 e. The Hall–Kier alpha value is -2.15. The summed E-state index contributed by atoms with van der Waals surface area (Å²) in [6, 6.07) is 4.86. The first-order chi connectivity index (χ1) is 12.0. The summed E-state index contributed by atoms with van der Waals surface area (Å²) in [5, 5.41) is 4.82. The van der Waals surface area contributed by atoms with Crippen LogP contribution in [0, 0.1) is 5.92 Å². The SMILES string of the molecule is CC1CN(C(=O)C2CCCc3nn(Cc4cccc(Cl)n4)c(=O)n32)C1. The molecule has 1 fully saturated rings. The second kappa shape index (κ2) is 6.29. The molecule has 4 heterocycles. The summed E-state index contributed by atoms with van der Waals surface area (Å²) in [6.07, 6.45) is 2.27. The Bertz CT molecular complexity index is 868. The molecule has 0 spiro atoms. The number of nitrogens with zero attached hydrogens (tertiary/aromatic N) is 5. The molecule has 7 nitrogen and oxygen atoms in total. The minimum atomic E-state index is -0.426. The molecule has 0 radical (unpaired) electrons. The quantitative estimate of drug-likeness (QED) is 0.776. The zero-order chi connectivity index (χ0) is 17.6. The van der Waals surface area contributed by atoms with Crippen molar-refractivity contribution in [3.8, 4) is 0 Å². The van der Waals surface area contributed by atoms with Crippen LogP contribution in [0.3, 0.4) is 0 Å². The number of carbonyl (C=O) groups is 1. The molecule has 8 heteroatoms. The van der Waals surface area contributed by atoms with Crippen LogP contribution in [0.2, 0.25) is 5.15 Å². The van der Waals surface area contributed by atoms with Gasteiger partial charge in [0.1, 0.15) is 17.0 Å². The highest BCUT2D eigenvalue weighted by molar-refractivity contribution is 6.29. The summed E-state index contributed by atoms with van der Waals surface area (Å²) in [7, 11) is 0. The summed E-state index contributed by atoms with van der Waals surface area (Å²) in [5.74, 6) is 1.27. The predicted octanol–water partition coefficient (Wildman–Crippen LogP) is 1.50. The van der Waals surface area contributed by atoms with Gasteiger partial charge in [0.05, 0.1) is 12.2 Å². The second-order valence-corrected chi connectivity index (χ2v) is 7.32. The van der Waals surface area contributed by atoms with E-state index in [9.17, 15) is 9.59 Å². The van der Waals surface area contributed by atoms with Gasteiger partial charge in [-0.1, -0.05) is 24.6 Å². The van der Waals surface area contributed by atoms with Gasteiger partial charge in [0, 0.05) is 19.5 Å². The van der Waals surface area contributed by atoms with Gasteiger partial charge in [0.25, 0.3) is 0 Å². The van der Waals surface area contributed by atoms with E-state index in [4.69, 9.17) is 11.6 Å². The van der Waals surface area contributed by atoms with Crippen molar-refractivity contribution in [1.82, 2.24) is 24.2 Å². The van der Waals surface area contributed by atoms with Gasteiger partial charge in [0.2, 0.25) is 5.91 Å². The van der Waals surface area contributed by atoms with Gasteiger partial charge in [-0.25, -0.2) is 14.5 Å². The van der Waals surface area contributed by atoms with Gasteiger partial charge in [-0.3, -0.25) is 9.36 Å². The Balaban J connectivity index is 1.63. The van der Waals surface area contributed by atoms with Crippen LogP contribution in [0.1, 0.15) is 37.3 Å². The lowest BCUT2D eigenvalue weighted by Gasteiger charge is -2.40. The van der Waals surface area contributed by atoms with Crippen LogP contribution < -0.4 is 5.69 Å². The van der Waals surface area contributed by atoms with Gasteiger partial charge < -0.3 is 4.90 Å². The summed E-state index contributed by atoms with van der Waals surface area (Å²) in [4.78, 5) is 31.6. The van der Waals surface area contributed by atoms with Crippen LogP contribution in [0.4, 0.5) is 0 Å². The van der Waals surface area contributed by atoms with Crippen LogP contribution in [-0.4, -0.2) is 43.2 Å². The Morgan fingerprint density at radius 2 is 2.16 bits per heavy atom. The molecule has 2 aliphatic rings. The molecular weight excluding hydrogens is 342 g/mol. The molecule has 2 aromatic heterocycles. The molecule has 2 aromatic rings. The number of pyridine rings is 1. The molecule has 1 amide bonds. The normalized spacial score (nSPS) is 20.2. The van der Waals surface area contributed by atoms with Crippen molar-refractivity contribution in [2.24, 2.45) is 5.92 Å². The topological polar surface area (TPSA) is 73.0 Å². The maximum absolute atomic E-state index is 12.8.